The molecule has 5 heteroatoms. The summed E-state index contributed by atoms with van der Waals surface area (Å²) in [6, 6.07) is 1.04. The summed E-state index contributed by atoms with van der Waals surface area (Å²) in [5, 5.41) is 8.06. The van der Waals surface area contributed by atoms with Crippen molar-refractivity contribution in [3.63, 3.8) is 0 Å². The number of piperazine rings is 1. The Morgan fingerprint density at radius 2 is 2.15 bits per heavy atom. The molecule has 1 aliphatic carbocycles. The van der Waals surface area contributed by atoms with E-state index >= 15 is 0 Å². The zero-order chi connectivity index (χ0) is 14.3. The van der Waals surface area contributed by atoms with Crippen molar-refractivity contribution in [3.8, 4) is 0 Å². The van der Waals surface area contributed by atoms with Gasteiger partial charge in [-0.3, -0.25) is 4.90 Å². The molecule has 1 unspecified atom stereocenters. The molecule has 1 atom stereocenters. The Kier molecular flexibility index (Phi) is 3.58. The number of rotatable bonds is 4. The highest BCUT2D eigenvalue weighted by Gasteiger charge is 2.41. The van der Waals surface area contributed by atoms with E-state index in [2.05, 4.69) is 52.7 Å². The predicted molar refractivity (Wildman–Crippen MR) is 79.4 cm³/mol. The number of nitrogens with zero attached hydrogens (tertiary/aromatic N) is 4. The molecule has 2 fully saturated rings. The van der Waals surface area contributed by atoms with Crippen LogP contribution in [0.15, 0.2) is 6.33 Å². The third-order valence-corrected chi connectivity index (χ3v) is 4.50. The molecule has 20 heavy (non-hydrogen) atoms. The van der Waals surface area contributed by atoms with Gasteiger partial charge in [0.1, 0.15) is 12.2 Å². The summed E-state index contributed by atoms with van der Waals surface area (Å²) >= 11 is 0. The molecule has 1 saturated heterocycles. The molecule has 2 heterocycles. The summed E-state index contributed by atoms with van der Waals surface area (Å²) < 4.78 is 2.05. The van der Waals surface area contributed by atoms with Crippen molar-refractivity contribution in [1.29, 1.82) is 0 Å². The van der Waals surface area contributed by atoms with Crippen molar-refractivity contribution in [2.75, 3.05) is 13.1 Å². The molecule has 0 radical (unpaired) electrons. The van der Waals surface area contributed by atoms with Crippen molar-refractivity contribution in [1.82, 2.24) is 25.0 Å². The van der Waals surface area contributed by atoms with Gasteiger partial charge in [0.05, 0.1) is 6.54 Å². The minimum absolute atomic E-state index is 0.189. The fourth-order valence-corrected chi connectivity index (χ4v) is 3.31. The van der Waals surface area contributed by atoms with Gasteiger partial charge in [0.15, 0.2) is 0 Å². The third kappa shape index (κ3) is 2.88. The zero-order valence-electron chi connectivity index (χ0n) is 13.1. The summed E-state index contributed by atoms with van der Waals surface area (Å²) in [5.74, 6) is 1.98. The molecule has 1 N–H and O–H groups in total. The topological polar surface area (TPSA) is 46.0 Å². The maximum Gasteiger partial charge on any atom is 0.141 e. The number of hydrogen-bond donors (Lipinski definition) is 1. The Morgan fingerprint density at radius 1 is 1.40 bits per heavy atom. The lowest BCUT2D eigenvalue weighted by atomic mass is 9.96. The minimum Gasteiger partial charge on any atom is -0.309 e. The van der Waals surface area contributed by atoms with E-state index in [9.17, 15) is 0 Å². The normalized spacial score (nSPS) is 27.1. The number of hydrogen-bond acceptors (Lipinski definition) is 4. The maximum atomic E-state index is 4.48. The first kappa shape index (κ1) is 14.0. The van der Waals surface area contributed by atoms with Crippen LogP contribution in [0.2, 0.25) is 0 Å². The van der Waals surface area contributed by atoms with Gasteiger partial charge in [0.25, 0.3) is 0 Å². The Balaban J connectivity index is 1.76. The summed E-state index contributed by atoms with van der Waals surface area (Å²) in [7, 11) is 0. The summed E-state index contributed by atoms with van der Waals surface area (Å²) in [6.45, 7) is 12.0. The van der Waals surface area contributed by atoms with E-state index in [1.54, 1.807) is 6.33 Å². The van der Waals surface area contributed by atoms with Crippen LogP contribution >= 0.6 is 0 Å². The average molecular weight is 277 g/mol. The van der Waals surface area contributed by atoms with Crippen LogP contribution in [0, 0.1) is 5.92 Å². The van der Waals surface area contributed by atoms with Gasteiger partial charge in [-0.15, -0.1) is 0 Å². The van der Waals surface area contributed by atoms with Gasteiger partial charge in [-0.25, -0.2) is 9.67 Å². The lowest BCUT2D eigenvalue weighted by Crippen LogP contribution is -2.61. The van der Waals surface area contributed by atoms with E-state index in [-0.39, 0.29) is 5.54 Å². The van der Waals surface area contributed by atoms with Crippen LogP contribution in [-0.2, 0) is 6.54 Å². The van der Waals surface area contributed by atoms with E-state index in [0.717, 1.165) is 31.4 Å². The van der Waals surface area contributed by atoms with Crippen molar-refractivity contribution >= 4 is 0 Å². The maximum absolute atomic E-state index is 4.48. The van der Waals surface area contributed by atoms with Crippen molar-refractivity contribution in [2.24, 2.45) is 5.92 Å². The standard InChI is InChI=1S/C15H27N5/c1-11(2)20-14(16-10-18-20)8-19-9-15(3,4)17-7-13(19)12-5-6-12/h10-13,17H,5-9H2,1-4H3. The molecule has 1 aromatic rings. The monoisotopic (exact) mass is 277 g/mol. The van der Waals surface area contributed by atoms with Gasteiger partial charge in [-0.05, 0) is 46.5 Å². The molecule has 2 aliphatic rings. The Morgan fingerprint density at radius 3 is 2.80 bits per heavy atom. The second-order valence-corrected chi connectivity index (χ2v) is 7.29. The van der Waals surface area contributed by atoms with E-state index in [1.807, 2.05) is 0 Å². The first-order chi connectivity index (χ1) is 9.46. The number of nitrogens with one attached hydrogen (secondary N) is 1. The first-order valence-corrected chi connectivity index (χ1v) is 7.84. The second kappa shape index (κ2) is 5.11. The van der Waals surface area contributed by atoms with Crippen molar-refractivity contribution < 1.29 is 0 Å². The molecular formula is C15H27N5. The van der Waals surface area contributed by atoms with E-state index < -0.39 is 0 Å². The molecule has 3 rings (SSSR count). The summed E-state index contributed by atoms with van der Waals surface area (Å²) in [4.78, 5) is 7.11. The summed E-state index contributed by atoms with van der Waals surface area (Å²) in [5.41, 5.74) is 0.189. The third-order valence-electron chi connectivity index (χ3n) is 4.50. The van der Waals surface area contributed by atoms with E-state index in [4.69, 9.17) is 0 Å². The Bertz CT molecular complexity index is 461. The van der Waals surface area contributed by atoms with Crippen LogP contribution in [0.4, 0.5) is 0 Å². The van der Waals surface area contributed by atoms with Crippen LogP contribution in [0.3, 0.4) is 0 Å². The molecule has 1 saturated carbocycles. The minimum atomic E-state index is 0.189. The zero-order valence-corrected chi connectivity index (χ0v) is 13.1. The van der Waals surface area contributed by atoms with Gasteiger partial charge < -0.3 is 5.32 Å². The van der Waals surface area contributed by atoms with Crippen LogP contribution in [0.5, 0.6) is 0 Å². The van der Waals surface area contributed by atoms with Gasteiger partial charge in [0.2, 0.25) is 0 Å². The quantitative estimate of drug-likeness (QED) is 0.912. The van der Waals surface area contributed by atoms with Crippen molar-refractivity contribution in [2.45, 2.75) is 64.7 Å². The van der Waals surface area contributed by atoms with Gasteiger partial charge in [-0.2, -0.15) is 5.10 Å². The summed E-state index contributed by atoms with van der Waals surface area (Å²) in [6.07, 6.45) is 4.47. The van der Waals surface area contributed by atoms with Crippen LogP contribution in [0.1, 0.15) is 52.4 Å². The molecule has 0 bridgehead atoms. The van der Waals surface area contributed by atoms with Crippen LogP contribution < -0.4 is 5.32 Å². The molecule has 0 aromatic carbocycles. The Labute approximate surface area is 121 Å². The van der Waals surface area contributed by atoms with Crippen LogP contribution in [-0.4, -0.2) is 44.3 Å². The second-order valence-electron chi connectivity index (χ2n) is 7.29. The fraction of sp³-hybridized carbons (Fsp3) is 0.867. The van der Waals surface area contributed by atoms with E-state index in [0.29, 0.717) is 12.1 Å². The highest BCUT2D eigenvalue weighted by molar-refractivity contribution is 5.00. The molecule has 0 spiro atoms. The average Bonchev–Trinajstić information content (AvgIpc) is 3.07. The molecule has 1 aliphatic heterocycles. The molecule has 0 amide bonds. The molecule has 112 valence electrons. The highest BCUT2D eigenvalue weighted by Crippen LogP contribution is 2.37. The SMILES string of the molecule is CC(C)n1ncnc1CN1CC(C)(C)NCC1C1CC1. The van der Waals surface area contributed by atoms with Crippen molar-refractivity contribution in [3.05, 3.63) is 12.2 Å². The lowest BCUT2D eigenvalue weighted by molar-refractivity contribution is 0.0719. The lowest BCUT2D eigenvalue weighted by Gasteiger charge is -2.44. The van der Waals surface area contributed by atoms with Gasteiger partial charge >= 0.3 is 0 Å². The fourth-order valence-electron chi connectivity index (χ4n) is 3.31. The Hall–Kier alpha value is -0.940. The highest BCUT2D eigenvalue weighted by atomic mass is 15.4. The molecular weight excluding hydrogens is 250 g/mol. The smallest absolute Gasteiger partial charge is 0.141 e. The van der Waals surface area contributed by atoms with Crippen LogP contribution in [0.25, 0.3) is 0 Å². The largest absolute Gasteiger partial charge is 0.309 e. The molecule has 5 nitrogen and oxygen atoms in total. The first-order valence-electron chi connectivity index (χ1n) is 7.84. The molecule has 1 aromatic heterocycles. The van der Waals surface area contributed by atoms with Gasteiger partial charge in [-0.1, -0.05) is 0 Å². The number of aromatic nitrogens is 3. The van der Waals surface area contributed by atoms with E-state index in [1.165, 1.54) is 12.8 Å². The van der Waals surface area contributed by atoms with Gasteiger partial charge in [0, 0.05) is 30.7 Å². The predicted octanol–water partition coefficient (Wildman–Crippen LogP) is 1.82.